The van der Waals surface area contributed by atoms with Crippen LogP contribution in [0.15, 0.2) is 0 Å². The highest BCUT2D eigenvalue weighted by molar-refractivity contribution is 7.17. The molecule has 1 aromatic rings. The van der Waals surface area contributed by atoms with Gasteiger partial charge in [0.1, 0.15) is 0 Å². The molecule has 4 nitrogen and oxygen atoms in total. The topological polar surface area (TPSA) is 65.0 Å². The van der Waals surface area contributed by atoms with Crippen molar-refractivity contribution in [1.29, 1.82) is 0 Å². The maximum Gasteiger partial charge on any atom is 0.183 e. The number of hydrogen-bond donors (Lipinski definition) is 1. The molecule has 0 atom stereocenters. The number of unbranched alkanes of at least 4 members (excludes halogenated alkanes) is 1. The van der Waals surface area contributed by atoms with Gasteiger partial charge in [-0.15, -0.1) is 0 Å². The van der Waals surface area contributed by atoms with E-state index >= 15 is 0 Å². The number of carbonyl (C=O) groups is 1. The van der Waals surface area contributed by atoms with E-state index in [2.05, 4.69) is 17.2 Å². The summed E-state index contributed by atoms with van der Waals surface area (Å²) >= 11 is 1.13. The van der Waals surface area contributed by atoms with Crippen molar-refractivity contribution in [3.63, 3.8) is 0 Å². The van der Waals surface area contributed by atoms with Crippen molar-refractivity contribution in [3.8, 4) is 0 Å². The van der Waals surface area contributed by atoms with E-state index in [1.54, 1.807) is 6.92 Å². The average molecular weight is 213 g/mol. The van der Waals surface area contributed by atoms with E-state index in [1.807, 2.05) is 0 Å². The maximum atomic E-state index is 10.6. The molecule has 0 aliphatic rings. The smallest absolute Gasteiger partial charge is 0.183 e. The molecular formula is C9H13N2O2S-. The minimum absolute atomic E-state index is 0.212. The fraction of sp³-hybridized carbons (Fsp3) is 0.556. The van der Waals surface area contributed by atoms with E-state index in [4.69, 9.17) is 0 Å². The molecule has 0 aromatic carbocycles. The lowest BCUT2D eigenvalue weighted by Crippen LogP contribution is -2.21. The summed E-state index contributed by atoms with van der Waals surface area (Å²) in [4.78, 5) is 14.9. The van der Waals surface area contributed by atoms with Gasteiger partial charge in [0.25, 0.3) is 0 Å². The first-order valence-corrected chi connectivity index (χ1v) is 5.39. The van der Waals surface area contributed by atoms with Crippen LogP contribution in [0.4, 0.5) is 5.13 Å². The van der Waals surface area contributed by atoms with Gasteiger partial charge >= 0.3 is 0 Å². The molecule has 0 spiro atoms. The van der Waals surface area contributed by atoms with Gasteiger partial charge in [-0.05, 0) is 13.3 Å². The molecular weight excluding hydrogens is 200 g/mol. The lowest BCUT2D eigenvalue weighted by molar-refractivity contribution is -0.254. The highest BCUT2D eigenvalue weighted by Gasteiger charge is 2.07. The first-order valence-electron chi connectivity index (χ1n) is 4.57. The number of nitrogens with one attached hydrogen (secondary N) is 1. The van der Waals surface area contributed by atoms with E-state index in [-0.39, 0.29) is 4.88 Å². The fourth-order valence-corrected chi connectivity index (χ4v) is 1.86. The Morgan fingerprint density at radius 2 is 2.36 bits per heavy atom. The van der Waals surface area contributed by atoms with Crippen molar-refractivity contribution in [2.75, 3.05) is 11.9 Å². The number of anilines is 1. The summed E-state index contributed by atoms with van der Waals surface area (Å²) in [7, 11) is 0. The van der Waals surface area contributed by atoms with Crippen LogP contribution in [-0.2, 0) is 0 Å². The Labute approximate surface area is 87.0 Å². The number of rotatable bonds is 5. The molecule has 0 aliphatic carbocycles. The van der Waals surface area contributed by atoms with Gasteiger partial charge in [0.15, 0.2) is 5.13 Å². The Bertz CT molecular complexity index is 323. The molecule has 1 heterocycles. The predicted molar refractivity (Wildman–Crippen MR) is 54.6 cm³/mol. The molecule has 0 bridgehead atoms. The molecule has 5 heteroatoms. The second-order valence-corrected chi connectivity index (χ2v) is 4.00. The second kappa shape index (κ2) is 4.95. The van der Waals surface area contributed by atoms with E-state index in [0.29, 0.717) is 10.8 Å². The molecule has 1 rings (SSSR count). The highest BCUT2D eigenvalue weighted by Crippen LogP contribution is 2.21. The summed E-state index contributed by atoms with van der Waals surface area (Å²) < 4.78 is 0. The van der Waals surface area contributed by atoms with Crippen LogP contribution in [0.2, 0.25) is 0 Å². The lowest BCUT2D eigenvalue weighted by atomic mass is 10.3. The van der Waals surface area contributed by atoms with Gasteiger partial charge in [-0.1, -0.05) is 24.7 Å². The van der Waals surface area contributed by atoms with Crippen LogP contribution in [0.5, 0.6) is 0 Å². The Hall–Kier alpha value is -1.10. The largest absolute Gasteiger partial charge is 0.544 e. The van der Waals surface area contributed by atoms with E-state index in [1.165, 1.54) is 0 Å². The summed E-state index contributed by atoms with van der Waals surface area (Å²) in [5.74, 6) is -1.15. The predicted octanol–water partition coefficient (Wildman–Crippen LogP) is 1.03. The quantitative estimate of drug-likeness (QED) is 0.742. The number of hydrogen-bond acceptors (Lipinski definition) is 5. The number of nitrogens with zero attached hydrogens (tertiary/aromatic N) is 1. The number of carbonyl (C=O) groups excluding carboxylic acids is 1. The molecule has 0 saturated heterocycles. The van der Waals surface area contributed by atoms with Gasteiger partial charge in [0.2, 0.25) is 0 Å². The number of aromatic carboxylic acids is 1. The molecule has 78 valence electrons. The molecule has 1 aromatic heterocycles. The minimum Gasteiger partial charge on any atom is -0.544 e. The van der Waals surface area contributed by atoms with Crippen molar-refractivity contribution in [3.05, 3.63) is 10.6 Å². The molecule has 14 heavy (non-hydrogen) atoms. The van der Waals surface area contributed by atoms with Gasteiger partial charge < -0.3 is 15.2 Å². The Morgan fingerprint density at radius 1 is 1.64 bits per heavy atom. The number of carboxylic acid groups (broad SMARTS) is 1. The van der Waals surface area contributed by atoms with Crippen LogP contribution in [-0.4, -0.2) is 17.5 Å². The monoisotopic (exact) mass is 213 g/mol. The number of thiazole rings is 1. The van der Waals surface area contributed by atoms with Crippen molar-refractivity contribution in [1.82, 2.24) is 4.98 Å². The third kappa shape index (κ3) is 2.70. The average Bonchev–Trinajstić information content (AvgIpc) is 2.47. The van der Waals surface area contributed by atoms with Crippen molar-refractivity contribution < 1.29 is 9.90 Å². The van der Waals surface area contributed by atoms with E-state index < -0.39 is 5.97 Å². The fourth-order valence-electron chi connectivity index (χ4n) is 1.03. The zero-order chi connectivity index (χ0) is 10.6. The molecule has 0 unspecified atom stereocenters. The van der Waals surface area contributed by atoms with Crippen LogP contribution >= 0.6 is 11.3 Å². The van der Waals surface area contributed by atoms with Crippen molar-refractivity contribution in [2.45, 2.75) is 26.7 Å². The first-order chi connectivity index (χ1) is 6.65. The summed E-state index contributed by atoms with van der Waals surface area (Å²) in [5.41, 5.74) is 0.522. The van der Waals surface area contributed by atoms with Gasteiger partial charge in [-0.25, -0.2) is 4.98 Å². The molecule has 1 N–H and O–H groups in total. The summed E-state index contributed by atoms with van der Waals surface area (Å²) in [5, 5.41) is 14.3. The van der Waals surface area contributed by atoms with Crippen molar-refractivity contribution in [2.24, 2.45) is 0 Å². The Kier molecular flexibility index (Phi) is 3.88. The first kappa shape index (κ1) is 11.0. The number of aryl methyl sites for hydroxylation is 1. The highest BCUT2D eigenvalue weighted by atomic mass is 32.1. The Balaban J connectivity index is 2.62. The third-order valence-electron chi connectivity index (χ3n) is 1.79. The van der Waals surface area contributed by atoms with Crippen LogP contribution < -0.4 is 10.4 Å². The zero-order valence-corrected chi connectivity index (χ0v) is 9.11. The van der Waals surface area contributed by atoms with E-state index in [0.717, 1.165) is 30.7 Å². The SMILES string of the molecule is CCCCNc1nc(C)c(C(=O)[O-])s1. The molecule has 0 fully saturated rings. The van der Waals surface area contributed by atoms with E-state index in [9.17, 15) is 9.90 Å². The number of aromatic nitrogens is 1. The number of carboxylic acids is 1. The van der Waals surface area contributed by atoms with Gasteiger partial charge in [-0.3, -0.25) is 0 Å². The van der Waals surface area contributed by atoms with Crippen LogP contribution in [0.1, 0.15) is 35.1 Å². The van der Waals surface area contributed by atoms with Gasteiger partial charge in [-0.2, -0.15) is 0 Å². The zero-order valence-electron chi connectivity index (χ0n) is 8.29. The standard InChI is InChI=1S/C9H14N2O2S/c1-3-4-5-10-9-11-6(2)7(14-9)8(12)13/h3-5H2,1-2H3,(H,10,11)(H,12,13)/p-1. The maximum absolute atomic E-state index is 10.6. The molecule has 0 aliphatic heterocycles. The molecule has 0 radical (unpaired) electrons. The summed E-state index contributed by atoms with van der Waals surface area (Å²) in [6, 6.07) is 0. The second-order valence-electron chi connectivity index (χ2n) is 3.00. The van der Waals surface area contributed by atoms with Gasteiger partial charge in [0, 0.05) is 6.54 Å². The molecule has 0 saturated carbocycles. The lowest BCUT2D eigenvalue weighted by Gasteiger charge is -1.98. The molecule has 0 amide bonds. The van der Waals surface area contributed by atoms with Crippen LogP contribution in [0, 0.1) is 6.92 Å². The van der Waals surface area contributed by atoms with Crippen LogP contribution in [0.25, 0.3) is 0 Å². The minimum atomic E-state index is -1.15. The van der Waals surface area contributed by atoms with Crippen LogP contribution in [0.3, 0.4) is 0 Å². The summed E-state index contributed by atoms with van der Waals surface area (Å²) in [6.07, 6.45) is 2.16. The third-order valence-corrected chi connectivity index (χ3v) is 2.88. The van der Waals surface area contributed by atoms with Gasteiger partial charge in [0.05, 0.1) is 16.5 Å². The summed E-state index contributed by atoms with van der Waals surface area (Å²) in [6.45, 7) is 4.60. The Morgan fingerprint density at radius 3 is 2.86 bits per heavy atom. The normalized spacial score (nSPS) is 10.1. The van der Waals surface area contributed by atoms with Crippen molar-refractivity contribution >= 4 is 22.4 Å².